The summed E-state index contributed by atoms with van der Waals surface area (Å²) in [6, 6.07) is 1.01. The number of hydrogen-bond donors (Lipinski definition) is 2. The summed E-state index contributed by atoms with van der Waals surface area (Å²) in [4.78, 5) is 11.8. The minimum Gasteiger partial charge on any atom is -0.350 e. The summed E-state index contributed by atoms with van der Waals surface area (Å²) >= 11 is 0. The van der Waals surface area contributed by atoms with Gasteiger partial charge in [-0.25, -0.2) is 0 Å². The molecule has 1 saturated carbocycles. The molecule has 0 atom stereocenters. The summed E-state index contributed by atoms with van der Waals surface area (Å²) < 4.78 is 0. The molecule has 1 fully saturated rings. The van der Waals surface area contributed by atoms with Gasteiger partial charge in [-0.1, -0.05) is 13.0 Å². The summed E-state index contributed by atoms with van der Waals surface area (Å²) in [7, 11) is 2.01. The smallest absolute Gasteiger partial charge is 0.246 e. The highest BCUT2D eigenvalue weighted by Crippen LogP contribution is 2.18. The predicted octanol–water partition coefficient (Wildman–Crippen LogP) is 1.99. The standard InChI is InChI=1S/C13H24N2O/c1-4-5-10(2)13(16)15-12-8-6-11(14-3)7-9-12/h5,11-12,14H,4,6-9H2,1-3H3,(H,15,16). The molecule has 0 aromatic carbocycles. The number of allylic oxidation sites excluding steroid dienone is 1. The van der Waals surface area contributed by atoms with Crippen LogP contribution >= 0.6 is 0 Å². The van der Waals surface area contributed by atoms with Crippen LogP contribution in [0.25, 0.3) is 0 Å². The lowest BCUT2D eigenvalue weighted by Gasteiger charge is -2.28. The molecule has 0 heterocycles. The predicted molar refractivity (Wildman–Crippen MR) is 67.3 cm³/mol. The molecule has 92 valence electrons. The summed E-state index contributed by atoms with van der Waals surface area (Å²) in [6.45, 7) is 3.94. The van der Waals surface area contributed by atoms with Gasteiger partial charge in [0.15, 0.2) is 0 Å². The zero-order chi connectivity index (χ0) is 12.0. The topological polar surface area (TPSA) is 41.1 Å². The molecule has 0 aromatic heterocycles. The molecule has 3 nitrogen and oxygen atoms in total. The van der Waals surface area contributed by atoms with Gasteiger partial charge in [-0.15, -0.1) is 0 Å². The Balaban J connectivity index is 2.33. The van der Waals surface area contributed by atoms with Gasteiger partial charge in [0.25, 0.3) is 0 Å². The number of hydrogen-bond acceptors (Lipinski definition) is 2. The molecule has 1 aliphatic carbocycles. The second-order valence-electron chi connectivity index (χ2n) is 4.61. The van der Waals surface area contributed by atoms with E-state index in [-0.39, 0.29) is 5.91 Å². The first-order valence-corrected chi connectivity index (χ1v) is 6.32. The summed E-state index contributed by atoms with van der Waals surface area (Å²) in [5, 5.41) is 6.41. The molecule has 2 N–H and O–H groups in total. The third kappa shape index (κ3) is 3.97. The number of nitrogens with one attached hydrogen (secondary N) is 2. The fourth-order valence-electron chi connectivity index (χ4n) is 2.22. The first kappa shape index (κ1) is 13.2. The van der Waals surface area contributed by atoms with Crippen molar-refractivity contribution in [2.45, 2.75) is 58.0 Å². The van der Waals surface area contributed by atoms with Crippen LogP contribution in [0.4, 0.5) is 0 Å². The normalized spacial score (nSPS) is 26.6. The van der Waals surface area contributed by atoms with Crippen molar-refractivity contribution in [3.8, 4) is 0 Å². The monoisotopic (exact) mass is 224 g/mol. The van der Waals surface area contributed by atoms with E-state index in [1.807, 2.05) is 20.0 Å². The third-order valence-corrected chi connectivity index (χ3v) is 3.34. The van der Waals surface area contributed by atoms with Crippen molar-refractivity contribution >= 4 is 5.91 Å². The quantitative estimate of drug-likeness (QED) is 0.717. The van der Waals surface area contributed by atoms with Gasteiger partial charge < -0.3 is 10.6 Å². The Morgan fingerprint density at radius 3 is 2.31 bits per heavy atom. The number of carbonyl (C=O) groups excluding carboxylic acids is 1. The minimum atomic E-state index is 0.106. The van der Waals surface area contributed by atoms with Crippen molar-refractivity contribution in [3.05, 3.63) is 11.6 Å². The van der Waals surface area contributed by atoms with Crippen molar-refractivity contribution < 1.29 is 4.79 Å². The molecule has 0 radical (unpaired) electrons. The van der Waals surface area contributed by atoms with E-state index >= 15 is 0 Å². The van der Waals surface area contributed by atoms with E-state index in [0.717, 1.165) is 37.7 Å². The average Bonchev–Trinajstić information content (AvgIpc) is 2.30. The van der Waals surface area contributed by atoms with Gasteiger partial charge in [-0.3, -0.25) is 4.79 Å². The fraction of sp³-hybridized carbons (Fsp3) is 0.769. The fourth-order valence-corrected chi connectivity index (χ4v) is 2.22. The van der Waals surface area contributed by atoms with E-state index in [1.54, 1.807) is 0 Å². The SMILES string of the molecule is CCC=C(C)C(=O)NC1CCC(NC)CC1. The second kappa shape index (κ2) is 6.69. The molecular weight excluding hydrogens is 200 g/mol. The molecule has 0 unspecified atom stereocenters. The summed E-state index contributed by atoms with van der Waals surface area (Å²) in [5.74, 6) is 0.106. The number of rotatable bonds is 4. The molecule has 16 heavy (non-hydrogen) atoms. The van der Waals surface area contributed by atoms with Crippen molar-refractivity contribution in [1.82, 2.24) is 10.6 Å². The van der Waals surface area contributed by atoms with Crippen molar-refractivity contribution in [3.63, 3.8) is 0 Å². The molecule has 0 bridgehead atoms. The summed E-state index contributed by atoms with van der Waals surface area (Å²) in [5.41, 5.74) is 0.846. The van der Waals surface area contributed by atoms with Gasteiger partial charge in [0.1, 0.15) is 0 Å². The van der Waals surface area contributed by atoms with Crippen LogP contribution in [0, 0.1) is 0 Å². The van der Waals surface area contributed by atoms with Crippen LogP contribution in [0.1, 0.15) is 46.0 Å². The highest BCUT2D eigenvalue weighted by atomic mass is 16.1. The lowest BCUT2D eigenvalue weighted by molar-refractivity contribution is -0.118. The Kier molecular flexibility index (Phi) is 5.53. The van der Waals surface area contributed by atoms with Crippen LogP contribution < -0.4 is 10.6 Å². The van der Waals surface area contributed by atoms with Crippen molar-refractivity contribution in [2.75, 3.05) is 7.05 Å². The first-order valence-electron chi connectivity index (χ1n) is 6.32. The van der Waals surface area contributed by atoms with Crippen LogP contribution in [0.2, 0.25) is 0 Å². The van der Waals surface area contributed by atoms with Gasteiger partial charge in [-0.05, 0) is 46.1 Å². The Hall–Kier alpha value is -0.830. The Morgan fingerprint density at radius 2 is 1.81 bits per heavy atom. The van der Waals surface area contributed by atoms with Crippen molar-refractivity contribution in [1.29, 1.82) is 0 Å². The van der Waals surface area contributed by atoms with Gasteiger partial charge in [0, 0.05) is 17.7 Å². The van der Waals surface area contributed by atoms with E-state index in [2.05, 4.69) is 17.6 Å². The van der Waals surface area contributed by atoms with Gasteiger partial charge in [0.2, 0.25) is 5.91 Å². The van der Waals surface area contributed by atoms with Crippen LogP contribution in [0.3, 0.4) is 0 Å². The Morgan fingerprint density at radius 1 is 1.25 bits per heavy atom. The number of amides is 1. The van der Waals surface area contributed by atoms with Crippen LogP contribution in [-0.2, 0) is 4.79 Å². The van der Waals surface area contributed by atoms with E-state index < -0.39 is 0 Å². The second-order valence-corrected chi connectivity index (χ2v) is 4.61. The maximum Gasteiger partial charge on any atom is 0.246 e. The van der Waals surface area contributed by atoms with E-state index in [9.17, 15) is 4.79 Å². The van der Waals surface area contributed by atoms with E-state index in [4.69, 9.17) is 0 Å². The minimum absolute atomic E-state index is 0.106. The van der Waals surface area contributed by atoms with Crippen LogP contribution in [0.15, 0.2) is 11.6 Å². The molecule has 3 heteroatoms. The van der Waals surface area contributed by atoms with Gasteiger partial charge in [0.05, 0.1) is 0 Å². The first-order chi connectivity index (χ1) is 7.67. The van der Waals surface area contributed by atoms with E-state index in [0.29, 0.717) is 12.1 Å². The maximum absolute atomic E-state index is 11.8. The largest absolute Gasteiger partial charge is 0.350 e. The van der Waals surface area contributed by atoms with Gasteiger partial charge in [-0.2, -0.15) is 0 Å². The number of carbonyl (C=O) groups is 1. The molecular formula is C13H24N2O. The zero-order valence-electron chi connectivity index (χ0n) is 10.7. The highest BCUT2D eigenvalue weighted by Gasteiger charge is 2.21. The Bertz CT molecular complexity index is 253. The van der Waals surface area contributed by atoms with Crippen LogP contribution in [0.5, 0.6) is 0 Å². The lowest BCUT2D eigenvalue weighted by atomic mass is 9.91. The van der Waals surface area contributed by atoms with E-state index in [1.165, 1.54) is 0 Å². The maximum atomic E-state index is 11.8. The van der Waals surface area contributed by atoms with Crippen molar-refractivity contribution in [2.24, 2.45) is 0 Å². The molecule has 1 aliphatic rings. The molecule has 0 aromatic rings. The molecule has 0 saturated heterocycles. The molecule has 0 aliphatic heterocycles. The third-order valence-electron chi connectivity index (χ3n) is 3.34. The summed E-state index contributed by atoms with van der Waals surface area (Å²) in [6.07, 6.45) is 7.42. The average molecular weight is 224 g/mol. The molecule has 1 rings (SSSR count). The lowest BCUT2D eigenvalue weighted by Crippen LogP contribution is -2.41. The molecule has 0 spiro atoms. The Labute approximate surface area is 98.7 Å². The van der Waals surface area contributed by atoms with Crippen LogP contribution in [-0.4, -0.2) is 25.0 Å². The zero-order valence-corrected chi connectivity index (χ0v) is 10.7. The van der Waals surface area contributed by atoms with Gasteiger partial charge >= 0.3 is 0 Å². The molecule has 1 amide bonds. The highest BCUT2D eigenvalue weighted by molar-refractivity contribution is 5.92.